The number of hydrogen-bond acceptors (Lipinski definition) is 1. The highest BCUT2D eigenvalue weighted by Crippen LogP contribution is 2.52. The molecule has 0 amide bonds. The first-order valence-electron chi connectivity index (χ1n) is 23.4. The van der Waals surface area contributed by atoms with E-state index in [0.717, 1.165) is 22.6 Å². The van der Waals surface area contributed by atoms with Gasteiger partial charge in [-0.1, -0.05) is 218 Å². The van der Waals surface area contributed by atoms with E-state index < -0.39 is 0 Å². The van der Waals surface area contributed by atoms with Crippen LogP contribution >= 0.6 is 0 Å². The number of benzene rings is 12. The summed E-state index contributed by atoms with van der Waals surface area (Å²) in [5, 5.41) is 13.8. The molecule has 0 aliphatic heterocycles. The SMILES string of the molecule is c1ccc(-c2ccc(Nc3c(-c4cccc(-c5ccccc5)c4)c4ccccc4c4c3c3ccccc3c3c4c4cc(-c5ccccc5)ccc4n3-c3ccc(-c4ccccc4)cc3)cc2)cc1. The Balaban J connectivity index is 1.17. The Hall–Kier alpha value is -8.98. The van der Waals surface area contributed by atoms with E-state index in [2.05, 4.69) is 271 Å². The molecule has 0 atom stereocenters. The van der Waals surface area contributed by atoms with Gasteiger partial charge in [0.25, 0.3) is 0 Å². The summed E-state index contributed by atoms with van der Waals surface area (Å²) in [7, 11) is 0. The summed E-state index contributed by atoms with van der Waals surface area (Å²) >= 11 is 0. The highest BCUT2D eigenvalue weighted by atomic mass is 15.0. The number of nitrogens with zero attached hydrogens (tertiary/aromatic N) is 1. The third-order valence-corrected chi connectivity index (χ3v) is 13.7. The minimum atomic E-state index is 1.03. The maximum Gasteiger partial charge on any atom is 0.0626 e. The smallest absolute Gasteiger partial charge is 0.0626 e. The molecule has 0 fully saturated rings. The molecule has 2 heteroatoms. The Morgan fingerprint density at radius 1 is 0.265 bits per heavy atom. The molecule has 0 unspecified atom stereocenters. The van der Waals surface area contributed by atoms with Crippen molar-refractivity contribution >= 4 is 65.5 Å². The Bertz CT molecular complexity index is 3990. The van der Waals surface area contributed by atoms with E-state index in [1.54, 1.807) is 0 Å². The van der Waals surface area contributed by atoms with Crippen molar-refractivity contribution in [2.75, 3.05) is 5.32 Å². The fourth-order valence-corrected chi connectivity index (χ4v) is 10.6. The normalized spacial score (nSPS) is 11.5. The van der Waals surface area contributed by atoms with Crippen LogP contribution in [0.3, 0.4) is 0 Å². The van der Waals surface area contributed by atoms with Crippen LogP contribution in [0.5, 0.6) is 0 Å². The van der Waals surface area contributed by atoms with Gasteiger partial charge in [0, 0.05) is 43.9 Å². The molecule has 318 valence electrons. The molecule has 0 aliphatic carbocycles. The third kappa shape index (κ3) is 6.65. The maximum atomic E-state index is 4.14. The second kappa shape index (κ2) is 16.5. The summed E-state index contributed by atoms with van der Waals surface area (Å²) in [4.78, 5) is 0. The number of hydrogen-bond donors (Lipinski definition) is 1. The fraction of sp³-hybridized carbons (Fsp3) is 0. The first kappa shape index (κ1) is 39.4. The average Bonchev–Trinajstić information content (AvgIpc) is 3.77. The maximum absolute atomic E-state index is 4.14. The molecule has 12 aromatic carbocycles. The van der Waals surface area contributed by atoms with Crippen LogP contribution < -0.4 is 5.32 Å². The highest BCUT2D eigenvalue weighted by molar-refractivity contribution is 6.41. The third-order valence-electron chi connectivity index (χ3n) is 13.7. The second-order valence-corrected chi connectivity index (χ2v) is 17.7. The molecule has 1 heterocycles. The molecule has 0 spiro atoms. The van der Waals surface area contributed by atoms with Gasteiger partial charge in [0.15, 0.2) is 0 Å². The number of anilines is 2. The number of nitrogens with one attached hydrogen (secondary N) is 1. The first-order valence-corrected chi connectivity index (χ1v) is 23.4. The van der Waals surface area contributed by atoms with Crippen LogP contribution in [0.4, 0.5) is 11.4 Å². The lowest BCUT2D eigenvalue weighted by atomic mass is 9.85. The van der Waals surface area contributed by atoms with E-state index >= 15 is 0 Å². The average molecular weight is 865 g/mol. The largest absolute Gasteiger partial charge is 0.354 e. The van der Waals surface area contributed by atoms with Crippen molar-refractivity contribution in [3.05, 3.63) is 261 Å². The van der Waals surface area contributed by atoms with E-state index in [-0.39, 0.29) is 0 Å². The highest BCUT2D eigenvalue weighted by Gasteiger charge is 2.26. The Morgan fingerprint density at radius 2 is 0.691 bits per heavy atom. The van der Waals surface area contributed by atoms with E-state index in [1.807, 2.05) is 0 Å². The van der Waals surface area contributed by atoms with Crippen molar-refractivity contribution in [2.24, 2.45) is 0 Å². The van der Waals surface area contributed by atoms with Crippen LogP contribution in [0.2, 0.25) is 0 Å². The van der Waals surface area contributed by atoms with Crippen LogP contribution in [0.15, 0.2) is 261 Å². The van der Waals surface area contributed by atoms with Gasteiger partial charge >= 0.3 is 0 Å². The number of rotatable bonds is 8. The van der Waals surface area contributed by atoms with Crippen LogP contribution in [0.1, 0.15) is 0 Å². The zero-order valence-corrected chi connectivity index (χ0v) is 37.3. The number of fused-ring (bicyclic) bond motifs is 10. The molecular formula is C66H44N2. The minimum absolute atomic E-state index is 1.03. The summed E-state index contributed by atoms with van der Waals surface area (Å²) in [6, 6.07) is 95.0. The lowest BCUT2D eigenvalue weighted by molar-refractivity contribution is 1.19. The van der Waals surface area contributed by atoms with Gasteiger partial charge < -0.3 is 9.88 Å². The summed E-state index contributed by atoms with van der Waals surface area (Å²) in [6.07, 6.45) is 0. The Labute approximate surface area is 395 Å². The van der Waals surface area contributed by atoms with Gasteiger partial charge in [0.2, 0.25) is 0 Å². The van der Waals surface area contributed by atoms with Gasteiger partial charge in [0.1, 0.15) is 0 Å². The van der Waals surface area contributed by atoms with Crippen molar-refractivity contribution in [3.8, 4) is 61.3 Å². The van der Waals surface area contributed by atoms with Crippen LogP contribution in [-0.2, 0) is 0 Å². The Kier molecular flexibility index (Phi) is 9.54. The van der Waals surface area contributed by atoms with E-state index in [4.69, 9.17) is 0 Å². The second-order valence-electron chi connectivity index (χ2n) is 17.7. The van der Waals surface area contributed by atoms with Crippen molar-refractivity contribution in [1.82, 2.24) is 4.57 Å². The van der Waals surface area contributed by atoms with Gasteiger partial charge in [-0.3, -0.25) is 0 Å². The van der Waals surface area contributed by atoms with Crippen LogP contribution in [0.25, 0.3) is 115 Å². The van der Waals surface area contributed by atoms with E-state index in [1.165, 1.54) is 104 Å². The van der Waals surface area contributed by atoms with Gasteiger partial charge in [-0.05, 0) is 109 Å². The van der Waals surface area contributed by atoms with Gasteiger partial charge in [-0.2, -0.15) is 0 Å². The summed E-state index contributed by atoms with van der Waals surface area (Å²) in [5.41, 5.74) is 17.5. The molecule has 0 bridgehead atoms. The van der Waals surface area contributed by atoms with Crippen molar-refractivity contribution in [3.63, 3.8) is 0 Å². The molecule has 68 heavy (non-hydrogen) atoms. The summed E-state index contributed by atoms with van der Waals surface area (Å²) in [6.45, 7) is 0. The predicted molar refractivity (Wildman–Crippen MR) is 290 cm³/mol. The van der Waals surface area contributed by atoms with Gasteiger partial charge in [-0.15, -0.1) is 0 Å². The fourth-order valence-electron chi connectivity index (χ4n) is 10.6. The molecule has 1 N–H and O–H groups in total. The minimum Gasteiger partial charge on any atom is -0.354 e. The van der Waals surface area contributed by atoms with E-state index in [9.17, 15) is 0 Å². The van der Waals surface area contributed by atoms with Crippen LogP contribution in [-0.4, -0.2) is 4.57 Å². The molecule has 0 saturated carbocycles. The monoisotopic (exact) mass is 864 g/mol. The predicted octanol–water partition coefficient (Wildman–Crippen LogP) is 18.3. The van der Waals surface area contributed by atoms with Gasteiger partial charge in [0.05, 0.1) is 16.7 Å². The number of aromatic nitrogens is 1. The van der Waals surface area contributed by atoms with Crippen molar-refractivity contribution in [1.29, 1.82) is 0 Å². The molecule has 1 aromatic heterocycles. The standard InChI is InChI=1S/C66H44N2/c1-5-18-44(19-6-1)48-32-37-53(38-33-48)67-65-61(52-27-17-26-50(42-52)46-22-9-3-10-23-46)55-28-13-14-29-56(55)62-63(65)57-30-15-16-31-58(57)66-64(62)59-43-51(47-24-11-4-12-25-47)36-41-60(59)68(66)54-39-34-49(35-40-54)45-20-7-2-8-21-45/h1-43,67H. The zero-order chi connectivity index (χ0) is 45.0. The topological polar surface area (TPSA) is 17.0 Å². The van der Waals surface area contributed by atoms with Crippen LogP contribution in [0, 0.1) is 0 Å². The van der Waals surface area contributed by atoms with Gasteiger partial charge in [-0.25, -0.2) is 0 Å². The molecule has 13 rings (SSSR count). The van der Waals surface area contributed by atoms with Crippen molar-refractivity contribution in [2.45, 2.75) is 0 Å². The molecule has 13 aromatic rings. The molecule has 0 radical (unpaired) electrons. The summed E-state index contributed by atoms with van der Waals surface area (Å²) < 4.78 is 2.51. The molecular weight excluding hydrogens is 821 g/mol. The Morgan fingerprint density at radius 3 is 1.28 bits per heavy atom. The zero-order valence-electron chi connectivity index (χ0n) is 37.3. The molecule has 2 nitrogen and oxygen atoms in total. The lowest BCUT2D eigenvalue weighted by Crippen LogP contribution is -1.99. The summed E-state index contributed by atoms with van der Waals surface area (Å²) in [5.74, 6) is 0. The quantitative estimate of drug-likeness (QED) is 0.151. The first-order chi connectivity index (χ1) is 33.7. The molecule has 0 saturated heterocycles. The lowest BCUT2D eigenvalue weighted by Gasteiger charge is -2.22. The van der Waals surface area contributed by atoms with Crippen molar-refractivity contribution < 1.29 is 0 Å². The van der Waals surface area contributed by atoms with E-state index in [0.29, 0.717) is 0 Å². The molecule has 0 aliphatic rings.